The molecule has 4 nitrogen and oxygen atoms in total. The zero-order valence-electron chi connectivity index (χ0n) is 9.91. The Hall–Kier alpha value is -0.610. The minimum atomic E-state index is -0.697. The number of hydrogen-bond donors (Lipinski definition) is 3. The van der Waals surface area contributed by atoms with Gasteiger partial charge in [0.15, 0.2) is 0 Å². The first-order valence-electron chi connectivity index (χ1n) is 6.25. The Morgan fingerprint density at radius 3 is 2.62 bits per heavy atom. The highest BCUT2D eigenvalue weighted by Gasteiger charge is 2.44. The van der Waals surface area contributed by atoms with Gasteiger partial charge in [-0.05, 0) is 50.9 Å². The molecule has 2 rings (SSSR count). The van der Waals surface area contributed by atoms with Crippen LogP contribution in [0.15, 0.2) is 0 Å². The third-order valence-electron chi connectivity index (χ3n) is 3.98. The topological polar surface area (TPSA) is 75.4 Å². The summed E-state index contributed by atoms with van der Waals surface area (Å²) in [5.41, 5.74) is 5.32. The van der Waals surface area contributed by atoms with Gasteiger partial charge in [0.2, 0.25) is 5.91 Å². The zero-order valence-corrected chi connectivity index (χ0v) is 9.91. The summed E-state index contributed by atoms with van der Waals surface area (Å²) in [6, 6.07) is 0. The molecule has 16 heavy (non-hydrogen) atoms. The summed E-state index contributed by atoms with van der Waals surface area (Å²) in [5, 5.41) is 12.3. The number of nitrogens with two attached hydrogens (primary N) is 1. The first kappa shape index (κ1) is 11.9. The summed E-state index contributed by atoms with van der Waals surface area (Å²) in [6.45, 7) is 2.49. The van der Waals surface area contributed by atoms with Gasteiger partial charge in [-0.3, -0.25) is 4.79 Å². The summed E-state index contributed by atoms with van der Waals surface area (Å²) in [4.78, 5) is 11.9. The number of amides is 1. The highest BCUT2D eigenvalue weighted by Crippen LogP contribution is 2.38. The van der Waals surface area contributed by atoms with E-state index in [2.05, 4.69) is 5.32 Å². The third-order valence-corrected chi connectivity index (χ3v) is 3.98. The van der Waals surface area contributed by atoms with Gasteiger partial charge >= 0.3 is 0 Å². The summed E-state index contributed by atoms with van der Waals surface area (Å²) < 4.78 is 0. The van der Waals surface area contributed by atoms with Gasteiger partial charge in [-0.15, -0.1) is 0 Å². The smallest absolute Gasteiger partial charge is 0.240 e. The molecule has 3 unspecified atom stereocenters. The lowest BCUT2D eigenvalue weighted by Crippen LogP contribution is -2.54. The van der Waals surface area contributed by atoms with Crippen LogP contribution in [0.5, 0.6) is 0 Å². The van der Waals surface area contributed by atoms with E-state index < -0.39 is 5.54 Å². The Morgan fingerprint density at radius 1 is 1.44 bits per heavy atom. The van der Waals surface area contributed by atoms with Crippen molar-refractivity contribution in [2.45, 2.75) is 50.7 Å². The number of nitrogens with one attached hydrogen (secondary N) is 1. The number of carbonyl (C=O) groups is 1. The van der Waals surface area contributed by atoms with Crippen LogP contribution in [0.25, 0.3) is 0 Å². The Kier molecular flexibility index (Phi) is 3.22. The minimum Gasteiger partial charge on any atom is -0.393 e. The molecule has 2 aliphatic carbocycles. The van der Waals surface area contributed by atoms with Crippen molar-refractivity contribution in [1.29, 1.82) is 0 Å². The van der Waals surface area contributed by atoms with Gasteiger partial charge in [-0.1, -0.05) is 0 Å². The van der Waals surface area contributed by atoms with Gasteiger partial charge in [0, 0.05) is 6.54 Å². The maximum absolute atomic E-state index is 11.9. The van der Waals surface area contributed by atoms with Crippen LogP contribution in [0, 0.1) is 11.8 Å². The first-order valence-corrected chi connectivity index (χ1v) is 6.25. The number of rotatable bonds is 4. The van der Waals surface area contributed by atoms with E-state index in [-0.39, 0.29) is 12.0 Å². The average molecular weight is 226 g/mol. The van der Waals surface area contributed by atoms with Crippen LogP contribution in [0.2, 0.25) is 0 Å². The van der Waals surface area contributed by atoms with Crippen molar-refractivity contribution >= 4 is 5.91 Å². The van der Waals surface area contributed by atoms with Crippen molar-refractivity contribution < 1.29 is 9.90 Å². The van der Waals surface area contributed by atoms with Gasteiger partial charge in [0.1, 0.15) is 0 Å². The quantitative estimate of drug-likeness (QED) is 0.649. The second kappa shape index (κ2) is 4.34. The van der Waals surface area contributed by atoms with E-state index >= 15 is 0 Å². The van der Waals surface area contributed by atoms with Crippen LogP contribution < -0.4 is 11.1 Å². The Labute approximate surface area is 96.6 Å². The average Bonchev–Trinajstić information content (AvgIpc) is 3.00. The van der Waals surface area contributed by atoms with Crippen molar-refractivity contribution in [2.24, 2.45) is 17.6 Å². The minimum absolute atomic E-state index is 0.0311. The van der Waals surface area contributed by atoms with Crippen molar-refractivity contribution in [3.63, 3.8) is 0 Å². The monoisotopic (exact) mass is 226 g/mol. The molecule has 0 saturated heterocycles. The van der Waals surface area contributed by atoms with E-state index in [9.17, 15) is 9.90 Å². The molecule has 4 heteroatoms. The molecular formula is C12H22N2O2. The second-order valence-corrected chi connectivity index (χ2v) is 5.60. The SMILES string of the molecule is CC(N)(C(=O)NCC1CCC(O)C1)C1CC1. The second-order valence-electron chi connectivity index (χ2n) is 5.60. The lowest BCUT2D eigenvalue weighted by molar-refractivity contribution is -0.126. The molecule has 0 aliphatic heterocycles. The largest absolute Gasteiger partial charge is 0.393 e. The Morgan fingerprint density at radius 2 is 2.12 bits per heavy atom. The summed E-state index contributed by atoms with van der Waals surface area (Å²) in [7, 11) is 0. The molecular weight excluding hydrogens is 204 g/mol. The fourth-order valence-corrected chi connectivity index (χ4v) is 2.53. The molecule has 0 aromatic heterocycles. The summed E-state index contributed by atoms with van der Waals surface area (Å²) >= 11 is 0. The summed E-state index contributed by atoms with van der Waals surface area (Å²) in [5.74, 6) is 0.756. The van der Waals surface area contributed by atoms with Crippen LogP contribution in [-0.4, -0.2) is 29.2 Å². The van der Waals surface area contributed by atoms with E-state index in [4.69, 9.17) is 5.73 Å². The molecule has 3 atom stereocenters. The molecule has 4 N–H and O–H groups in total. The predicted octanol–water partition coefficient (Wildman–Crippen LogP) is 0.391. The molecule has 0 bridgehead atoms. The molecule has 1 amide bonds. The normalized spacial score (nSPS) is 33.4. The Balaban J connectivity index is 1.75. The van der Waals surface area contributed by atoms with Crippen LogP contribution in [0.1, 0.15) is 39.0 Å². The number of carbonyl (C=O) groups excluding carboxylic acids is 1. The molecule has 2 saturated carbocycles. The van der Waals surface area contributed by atoms with Gasteiger partial charge in [0.05, 0.1) is 11.6 Å². The standard InChI is InChI=1S/C12H22N2O2/c1-12(13,9-3-4-9)11(16)14-7-8-2-5-10(15)6-8/h8-10,15H,2-7,13H2,1H3,(H,14,16). The van der Waals surface area contributed by atoms with E-state index in [1.807, 2.05) is 6.92 Å². The van der Waals surface area contributed by atoms with Crippen LogP contribution in [-0.2, 0) is 4.79 Å². The molecule has 0 heterocycles. The lowest BCUT2D eigenvalue weighted by Gasteiger charge is -2.24. The number of hydrogen-bond acceptors (Lipinski definition) is 3. The lowest BCUT2D eigenvalue weighted by atomic mass is 9.96. The van der Waals surface area contributed by atoms with E-state index in [1.54, 1.807) is 0 Å². The van der Waals surface area contributed by atoms with Crippen molar-refractivity contribution in [3.05, 3.63) is 0 Å². The number of aliphatic hydroxyl groups excluding tert-OH is 1. The van der Waals surface area contributed by atoms with E-state index in [0.29, 0.717) is 18.4 Å². The molecule has 0 radical (unpaired) electrons. The maximum atomic E-state index is 11.9. The van der Waals surface area contributed by atoms with Crippen LogP contribution in [0.3, 0.4) is 0 Å². The first-order chi connectivity index (χ1) is 7.50. The fraction of sp³-hybridized carbons (Fsp3) is 0.917. The summed E-state index contributed by atoms with van der Waals surface area (Å²) in [6.07, 6.45) is 4.65. The maximum Gasteiger partial charge on any atom is 0.240 e. The van der Waals surface area contributed by atoms with Crippen LogP contribution >= 0.6 is 0 Å². The molecule has 2 fully saturated rings. The molecule has 92 valence electrons. The van der Waals surface area contributed by atoms with Crippen LogP contribution in [0.4, 0.5) is 0 Å². The molecule has 2 aliphatic rings. The van der Waals surface area contributed by atoms with E-state index in [0.717, 1.165) is 32.1 Å². The van der Waals surface area contributed by atoms with Gasteiger partial charge in [0.25, 0.3) is 0 Å². The zero-order chi connectivity index (χ0) is 11.8. The Bertz CT molecular complexity index is 274. The van der Waals surface area contributed by atoms with Crippen molar-refractivity contribution in [1.82, 2.24) is 5.32 Å². The molecule has 0 aromatic carbocycles. The predicted molar refractivity (Wildman–Crippen MR) is 61.7 cm³/mol. The molecule has 0 spiro atoms. The highest BCUT2D eigenvalue weighted by molar-refractivity contribution is 5.86. The van der Waals surface area contributed by atoms with Crippen molar-refractivity contribution in [3.8, 4) is 0 Å². The van der Waals surface area contributed by atoms with Gasteiger partial charge in [-0.25, -0.2) is 0 Å². The van der Waals surface area contributed by atoms with E-state index in [1.165, 1.54) is 0 Å². The highest BCUT2D eigenvalue weighted by atomic mass is 16.3. The van der Waals surface area contributed by atoms with Gasteiger partial charge < -0.3 is 16.2 Å². The fourth-order valence-electron chi connectivity index (χ4n) is 2.53. The van der Waals surface area contributed by atoms with Crippen molar-refractivity contribution in [2.75, 3.05) is 6.54 Å². The number of aliphatic hydroxyl groups is 1. The van der Waals surface area contributed by atoms with Gasteiger partial charge in [-0.2, -0.15) is 0 Å². The molecule has 0 aromatic rings. The third kappa shape index (κ3) is 2.55.